The SMILES string of the molecule is COc1c(C)cc(C)cc1/C(O)=C1/C(=O)C(=O)N(c2ccc(Oc3cccc(C)c3)cc2)C1c1cccs1. The first-order valence-electron chi connectivity index (χ1n) is 12.1. The van der Waals surface area contributed by atoms with Crippen LogP contribution in [0.3, 0.4) is 0 Å². The third-order valence-electron chi connectivity index (χ3n) is 6.48. The normalized spacial score (nSPS) is 16.6. The van der Waals surface area contributed by atoms with Gasteiger partial charge in [0.15, 0.2) is 0 Å². The third-order valence-corrected chi connectivity index (χ3v) is 7.40. The molecule has 3 aromatic carbocycles. The molecule has 0 aliphatic carbocycles. The van der Waals surface area contributed by atoms with E-state index >= 15 is 0 Å². The first kappa shape index (κ1) is 25.3. The molecule has 1 aromatic heterocycles. The molecule has 0 bridgehead atoms. The number of aliphatic hydroxyl groups is 1. The lowest BCUT2D eigenvalue weighted by molar-refractivity contribution is -0.132. The summed E-state index contributed by atoms with van der Waals surface area (Å²) in [6.45, 7) is 5.77. The number of ether oxygens (including phenoxy) is 2. The Morgan fingerprint density at radius 2 is 1.66 bits per heavy atom. The van der Waals surface area contributed by atoms with Crippen molar-refractivity contribution < 1.29 is 24.2 Å². The molecule has 1 amide bonds. The minimum atomic E-state index is -0.788. The Bertz CT molecular complexity index is 1550. The highest BCUT2D eigenvalue weighted by atomic mass is 32.1. The zero-order chi connectivity index (χ0) is 27.0. The van der Waals surface area contributed by atoms with Crippen LogP contribution in [0.2, 0.25) is 0 Å². The van der Waals surface area contributed by atoms with Gasteiger partial charge in [-0.05, 0) is 91.4 Å². The number of carbonyl (C=O) groups excluding carboxylic acids is 2. The van der Waals surface area contributed by atoms with Crippen molar-refractivity contribution in [1.29, 1.82) is 0 Å². The molecule has 38 heavy (non-hydrogen) atoms. The summed E-state index contributed by atoms with van der Waals surface area (Å²) in [6.07, 6.45) is 0. The number of Topliss-reactive ketones (excluding diaryl/α,β-unsaturated/α-hetero) is 1. The van der Waals surface area contributed by atoms with Crippen LogP contribution in [0.4, 0.5) is 5.69 Å². The van der Waals surface area contributed by atoms with Crippen LogP contribution in [0, 0.1) is 20.8 Å². The molecule has 1 aliphatic rings. The van der Waals surface area contributed by atoms with Gasteiger partial charge in [-0.15, -0.1) is 11.3 Å². The van der Waals surface area contributed by atoms with Crippen molar-refractivity contribution in [3.05, 3.63) is 111 Å². The highest BCUT2D eigenvalue weighted by molar-refractivity contribution is 7.10. The molecule has 2 heterocycles. The number of aliphatic hydroxyl groups excluding tert-OH is 1. The van der Waals surface area contributed by atoms with Gasteiger partial charge in [-0.25, -0.2) is 0 Å². The van der Waals surface area contributed by atoms with Crippen molar-refractivity contribution in [2.75, 3.05) is 12.0 Å². The van der Waals surface area contributed by atoms with Gasteiger partial charge < -0.3 is 14.6 Å². The summed E-state index contributed by atoms with van der Waals surface area (Å²) in [7, 11) is 1.52. The molecule has 0 spiro atoms. The molecule has 192 valence electrons. The lowest BCUT2D eigenvalue weighted by atomic mass is 9.96. The fraction of sp³-hybridized carbons (Fsp3) is 0.161. The molecule has 5 rings (SSSR count). The quantitative estimate of drug-likeness (QED) is 0.165. The van der Waals surface area contributed by atoms with E-state index in [2.05, 4.69) is 0 Å². The standard InChI is InChI=1S/C31H27NO5S/c1-18-7-5-8-23(16-18)37-22-12-10-21(11-13-22)32-27(25-9-6-14-38-25)26(29(34)31(32)35)28(33)24-17-19(2)15-20(3)30(24)36-4/h5-17,27,33H,1-4H3/b28-26-. The van der Waals surface area contributed by atoms with E-state index in [1.54, 1.807) is 30.3 Å². The summed E-state index contributed by atoms with van der Waals surface area (Å²) in [5.41, 5.74) is 3.73. The predicted molar refractivity (Wildman–Crippen MR) is 149 cm³/mol. The molecule has 1 N–H and O–H groups in total. The van der Waals surface area contributed by atoms with Gasteiger partial charge in [-0.1, -0.05) is 24.3 Å². The monoisotopic (exact) mass is 525 g/mol. The number of aryl methyl sites for hydroxylation is 3. The Kier molecular flexibility index (Phi) is 6.78. The number of methoxy groups -OCH3 is 1. The van der Waals surface area contributed by atoms with Crippen molar-refractivity contribution in [3.63, 3.8) is 0 Å². The van der Waals surface area contributed by atoms with Crippen LogP contribution in [0.1, 0.15) is 33.2 Å². The van der Waals surface area contributed by atoms with E-state index in [1.807, 2.05) is 68.6 Å². The predicted octanol–water partition coefficient (Wildman–Crippen LogP) is 7.10. The first-order valence-corrected chi connectivity index (χ1v) is 13.0. The van der Waals surface area contributed by atoms with E-state index in [4.69, 9.17) is 9.47 Å². The molecular weight excluding hydrogens is 498 g/mol. The van der Waals surface area contributed by atoms with Gasteiger partial charge in [0.1, 0.15) is 29.0 Å². The number of hydrogen-bond acceptors (Lipinski definition) is 6. The molecule has 6 nitrogen and oxygen atoms in total. The molecule has 1 fully saturated rings. The Morgan fingerprint density at radius 1 is 0.895 bits per heavy atom. The first-order chi connectivity index (χ1) is 18.3. The summed E-state index contributed by atoms with van der Waals surface area (Å²) in [5.74, 6) is 0.0554. The Balaban J connectivity index is 1.59. The Labute approximate surface area is 225 Å². The summed E-state index contributed by atoms with van der Waals surface area (Å²) >= 11 is 1.41. The van der Waals surface area contributed by atoms with Crippen molar-refractivity contribution in [3.8, 4) is 17.2 Å². The van der Waals surface area contributed by atoms with Crippen LogP contribution in [0.15, 0.2) is 83.7 Å². The molecular formula is C31H27NO5S. The third kappa shape index (κ3) is 4.57. The largest absolute Gasteiger partial charge is 0.507 e. The molecule has 4 aromatic rings. The summed E-state index contributed by atoms with van der Waals surface area (Å²) in [6, 6.07) is 21.4. The van der Waals surface area contributed by atoms with E-state index < -0.39 is 17.7 Å². The number of anilines is 1. The minimum Gasteiger partial charge on any atom is -0.507 e. The number of amides is 1. The van der Waals surface area contributed by atoms with Crippen LogP contribution in [-0.2, 0) is 9.59 Å². The van der Waals surface area contributed by atoms with Gasteiger partial charge in [0.2, 0.25) is 0 Å². The number of thiophene rings is 1. The zero-order valence-electron chi connectivity index (χ0n) is 21.5. The van der Waals surface area contributed by atoms with Gasteiger partial charge in [-0.2, -0.15) is 0 Å². The molecule has 1 atom stereocenters. The molecule has 1 saturated heterocycles. The Morgan fingerprint density at radius 3 is 2.32 bits per heavy atom. The van der Waals surface area contributed by atoms with Crippen molar-refractivity contribution in [1.82, 2.24) is 0 Å². The second-order valence-electron chi connectivity index (χ2n) is 9.26. The number of hydrogen-bond donors (Lipinski definition) is 1. The highest BCUT2D eigenvalue weighted by Crippen LogP contribution is 2.45. The highest BCUT2D eigenvalue weighted by Gasteiger charge is 2.47. The van der Waals surface area contributed by atoms with E-state index in [0.717, 1.165) is 21.6 Å². The van der Waals surface area contributed by atoms with Gasteiger partial charge >= 0.3 is 0 Å². The van der Waals surface area contributed by atoms with Crippen LogP contribution in [-0.4, -0.2) is 23.9 Å². The van der Waals surface area contributed by atoms with E-state index in [-0.39, 0.29) is 11.3 Å². The number of carbonyl (C=O) groups is 2. The summed E-state index contributed by atoms with van der Waals surface area (Å²) in [5, 5.41) is 13.4. The topological polar surface area (TPSA) is 76.1 Å². The van der Waals surface area contributed by atoms with Crippen molar-refractivity contribution in [2.45, 2.75) is 26.8 Å². The maximum Gasteiger partial charge on any atom is 0.300 e. The van der Waals surface area contributed by atoms with Gasteiger partial charge in [0.25, 0.3) is 11.7 Å². The molecule has 0 saturated carbocycles. The van der Waals surface area contributed by atoms with Gasteiger partial charge in [-0.3, -0.25) is 14.5 Å². The second-order valence-corrected chi connectivity index (χ2v) is 10.2. The fourth-order valence-corrected chi connectivity index (χ4v) is 5.67. The van der Waals surface area contributed by atoms with Crippen molar-refractivity contribution in [2.24, 2.45) is 0 Å². The summed E-state index contributed by atoms with van der Waals surface area (Å²) < 4.78 is 11.5. The average Bonchev–Trinajstić information content (AvgIpc) is 3.51. The smallest absolute Gasteiger partial charge is 0.300 e. The van der Waals surface area contributed by atoms with Crippen LogP contribution in [0.25, 0.3) is 5.76 Å². The average molecular weight is 526 g/mol. The molecule has 1 aliphatic heterocycles. The number of ketones is 1. The summed E-state index contributed by atoms with van der Waals surface area (Å²) in [4.78, 5) is 29.1. The van der Waals surface area contributed by atoms with E-state index in [1.165, 1.54) is 23.3 Å². The number of nitrogens with zero attached hydrogens (tertiary/aromatic N) is 1. The van der Waals surface area contributed by atoms with E-state index in [0.29, 0.717) is 28.5 Å². The lowest BCUT2D eigenvalue weighted by Crippen LogP contribution is -2.29. The van der Waals surface area contributed by atoms with Crippen molar-refractivity contribution >= 4 is 34.5 Å². The maximum atomic E-state index is 13.4. The van der Waals surface area contributed by atoms with Crippen LogP contribution in [0.5, 0.6) is 17.2 Å². The number of rotatable bonds is 6. The zero-order valence-corrected chi connectivity index (χ0v) is 22.3. The molecule has 1 unspecified atom stereocenters. The van der Waals surface area contributed by atoms with Crippen LogP contribution < -0.4 is 14.4 Å². The number of benzene rings is 3. The maximum absolute atomic E-state index is 13.4. The van der Waals surface area contributed by atoms with E-state index in [9.17, 15) is 14.7 Å². The van der Waals surface area contributed by atoms with Crippen LogP contribution >= 0.6 is 11.3 Å². The molecule has 7 heteroatoms. The second kappa shape index (κ2) is 10.2. The molecule has 0 radical (unpaired) electrons. The minimum absolute atomic E-state index is 0.0286. The van der Waals surface area contributed by atoms with Gasteiger partial charge in [0, 0.05) is 10.6 Å². The lowest BCUT2D eigenvalue weighted by Gasteiger charge is -2.24. The van der Waals surface area contributed by atoms with Gasteiger partial charge in [0.05, 0.1) is 18.2 Å². The Hall–Kier alpha value is -4.36. The fourth-order valence-electron chi connectivity index (χ4n) is 4.85.